The Kier molecular flexibility index (Phi) is 12.2. The molecule has 40 heavy (non-hydrogen) atoms. The average molecular weight is 555 g/mol. The topological polar surface area (TPSA) is 75.1 Å². The summed E-state index contributed by atoms with van der Waals surface area (Å²) < 4.78 is 32.6. The minimum Gasteiger partial charge on any atom is -0.382 e. The number of nitrogens with zero attached hydrogens (tertiary/aromatic N) is 2. The van der Waals surface area contributed by atoms with E-state index in [0.717, 1.165) is 43.5 Å². The maximum atomic E-state index is 13.9. The third-order valence-electron chi connectivity index (χ3n) is 7.63. The molecule has 2 aromatic rings. The molecule has 1 aliphatic heterocycles. The first-order chi connectivity index (χ1) is 19.2. The van der Waals surface area contributed by atoms with Gasteiger partial charge >= 0.3 is 0 Å². The van der Waals surface area contributed by atoms with Crippen molar-refractivity contribution in [2.75, 3.05) is 13.7 Å². The molecule has 0 bridgehead atoms. The molecule has 1 aliphatic rings. The Hall–Kier alpha value is -3.13. The predicted octanol–water partition coefficient (Wildman–Crippen LogP) is 6.87. The molecule has 1 heterocycles. The number of amides is 1. The molecule has 0 radical (unpaired) electrons. The van der Waals surface area contributed by atoms with E-state index < -0.39 is 11.7 Å². The SMILES string of the molecule is CCCCC1C(CC)CC(C)N=C(NC(=NC(C)COC)NC(=O)c2ccc(F)cc2)CC1c1ccc(F)cc1. The van der Waals surface area contributed by atoms with Gasteiger partial charge in [-0.25, -0.2) is 13.8 Å². The first-order valence-electron chi connectivity index (χ1n) is 14.5. The van der Waals surface area contributed by atoms with E-state index in [4.69, 9.17) is 9.73 Å². The van der Waals surface area contributed by atoms with Crippen molar-refractivity contribution < 1.29 is 18.3 Å². The third kappa shape index (κ3) is 9.22. The predicted molar refractivity (Wildman–Crippen MR) is 158 cm³/mol. The molecule has 0 spiro atoms. The fourth-order valence-electron chi connectivity index (χ4n) is 5.69. The number of rotatable bonds is 9. The largest absolute Gasteiger partial charge is 0.382 e. The molecule has 0 fully saturated rings. The van der Waals surface area contributed by atoms with Crippen molar-refractivity contribution in [2.45, 2.75) is 84.2 Å². The Morgan fingerprint density at radius 1 is 1.10 bits per heavy atom. The van der Waals surface area contributed by atoms with Crippen LogP contribution in [-0.2, 0) is 4.74 Å². The van der Waals surface area contributed by atoms with Crippen molar-refractivity contribution in [3.63, 3.8) is 0 Å². The second kappa shape index (κ2) is 15.6. The third-order valence-corrected chi connectivity index (χ3v) is 7.63. The Bertz CT molecular complexity index is 1130. The van der Waals surface area contributed by atoms with Crippen LogP contribution >= 0.6 is 0 Å². The van der Waals surface area contributed by atoms with Crippen molar-refractivity contribution in [3.05, 3.63) is 71.3 Å². The van der Waals surface area contributed by atoms with E-state index in [1.165, 1.54) is 36.4 Å². The molecule has 8 heteroatoms. The Morgan fingerprint density at radius 3 is 2.35 bits per heavy atom. The minimum absolute atomic E-state index is 0.0798. The molecule has 1 amide bonds. The van der Waals surface area contributed by atoms with E-state index in [0.29, 0.717) is 30.4 Å². The van der Waals surface area contributed by atoms with Gasteiger partial charge in [0.2, 0.25) is 5.96 Å². The molecule has 0 saturated carbocycles. The monoisotopic (exact) mass is 554 g/mol. The number of hydrogen-bond acceptors (Lipinski definition) is 4. The van der Waals surface area contributed by atoms with Gasteiger partial charge in [0.1, 0.15) is 17.5 Å². The van der Waals surface area contributed by atoms with Crippen molar-refractivity contribution >= 4 is 17.7 Å². The highest BCUT2D eigenvalue weighted by Crippen LogP contribution is 2.41. The van der Waals surface area contributed by atoms with Gasteiger partial charge in [-0.1, -0.05) is 45.2 Å². The van der Waals surface area contributed by atoms with Crippen LogP contribution in [-0.4, -0.2) is 43.5 Å². The van der Waals surface area contributed by atoms with Crippen LogP contribution in [0.5, 0.6) is 0 Å². The van der Waals surface area contributed by atoms with Crippen LogP contribution in [0.4, 0.5) is 8.78 Å². The van der Waals surface area contributed by atoms with Gasteiger partial charge in [-0.2, -0.15) is 0 Å². The maximum absolute atomic E-state index is 13.9. The lowest BCUT2D eigenvalue weighted by atomic mass is 9.70. The second-order valence-corrected chi connectivity index (χ2v) is 10.9. The number of aliphatic imine (C=N–C) groups is 2. The number of halogens is 2. The van der Waals surface area contributed by atoms with Crippen LogP contribution < -0.4 is 10.6 Å². The van der Waals surface area contributed by atoms with E-state index in [1.807, 2.05) is 19.1 Å². The summed E-state index contributed by atoms with van der Waals surface area (Å²) in [6.45, 7) is 8.85. The van der Waals surface area contributed by atoms with Gasteiger partial charge < -0.3 is 10.1 Å². The minimum atomic E-state index is -0.412. The van der Waals surface area contributed by atoms with Crippen LogP contribution in [0.2, 0.25) is 0 Å². The summed E-state index contributed by atoms with van der Waals surface area (Å²) in [6.07, 6.45) is 5.94. The smallest absolute Gasteiger partial charge is 0.257 e. The van der Waals surface area contributed by atoms with Crippen molar-refractivity contribution in [3.8, 4) is 0 Å². The molecular weight excluding hydrogens is 510 g/mol. The van der Waals surface area contributed by atoms with Crippen LogP contribution in [0, 0.1) is 23.5 Å². The number of unbranched alkanes of at least 4 members (excludes halogenated alkanes) is 1. The normalized spacial score (nSPS) is 22.6. The average Bonchev–Trinajstić information content (AvgIpc) is 2.91. The summed E-state index contributed by atoms with van der Waals surface area (Å²) in [4.78, 5) is 22.8. The van der Waals surface area contributed by atoms with E-state index in [2.05, 4.69) is 36.4 Å². The van der Waals surface area contributed by atoms with E-state index in [9.17, 15) is 13.6 Å². The van der Waals surface area contributed by atoms with Crippen molar-refractivity contribution in [1.29, 1.82) is 0 Å². The molecule has 5 atom stereocenters. The Labute approximate surface area is 237 Å². The lowest BCUT2D eigenvalue weighted by Gasteiger charge is -2.37. The number of hydrogen-bond donors (Lipinski definition) is 2. The van der Waals surface area contributed by atoms with Gasteiger partial charge in [0.15, 0.2) is 0 Å². The quantitative estimate of drug-likeness (QED) is 0.262. The molecule has 0 aliphatic carbocycles. The maximum Gasteiger partial charge on any atom is 0.257 e. The molecule has 0 saturated heterocycles. The van der Waals surface area contributed by atoms with Crippen molar-refractivity contribution in [2.24, 2.45) is 21.8 Å². The van der Waals surface area contributed by atoms with E-state index >= 15 is 0 Å². The van der Waals surface area contributed by atoms with Crippen LogP contribution in [0.3, 0.4) is 0 Å². The first-order valence-corrected chi connectivity index (χ1v) is 14.5. The highest BCUT2D eigenvalue weighted by molar-refractivity contribution is 6.10. The van der Waals surface area contributed by atoms with E-state index in [1.54, 1.807) is 7.11 Å². The van der Waals surface area contributed by atoms with Gasteiger partial charge in [-0.05, 0) is 86.4 Å². The number of ether oxygens (including phenoxy) is 1. The number of guanidine groups is 1. The summed E-state index contributed by atoms with van der Waals surface area (Å²) in [5, 5.41) is 6.20. The number of carbonyl (C=O) groups is 1. The molecule has 3 rings (SSSR count). The lowest BCUT2D eigenvalue weighted by Crippen LogP contribution is -2.46. The molecule has 2 N–H and O–H groups in total. The van der Waals surface area contributed by atoms with Crippen LogP contribution in [0.15, 0.2) is 58.5 Å². The molecule has 6 nitrogen and oxygen atoms in total. The standard InChI is InChI=1S/C32H44F2N4O2/c1-6-8-9-28-23(7-2)18-21(3)35-30(19-29(28)24-10-14-26(33)15-11-24)37-32(36-22(4)20-40-5)38-31(39)25-12-16-27(34)17-13-25/h10-17,21-23,28-29H,6-9,18-20H2,1-5H3,(H2,35,36,37,38,39). The number of amidine groups is 1. The van der Waals surface area contributed by atoms with Crippen molar-refractivity contribution in [1.82, 2.24) is 10.6 Å². The Morgan fingerprint density at radius 2 is 1.75 bits per heavy atom. The fraction of sp³-hybridized carbons (Fsp3) is 0.531. The Balaban J connectivity index is 1.97. The van der Waals surface area contributed by atoms with E-state index in [-0.39, 0.29) is 29.8 Å². The number of benzene rings is 2. The summed E-state index contributed by atoms with van der Waals surface area (Å²) in [6, 6.07) is 12.1. The highest BCUT2D eigenvalue weighted by atomic mass is 19.1. The van der Waals surface area contributed by atoms with Gasteiger partial charge in [0.05, 0.1) is 12.6 Å². The van der Waals surface area contributed by atoms with Crippen LogP contribution in [0.25, 0.3) is 0 Å². The second-order valence-electron chi connectivity index (χ2n) is 10.9. The van der Waals surface area contributed by atoms with Gasteiger partial charge in [0, 0.05) is 25.1 Å². The summed E-state index contributed by atoms with van der Waals surface area (Å²) >= 11 is 0. The molecule has 5 unspecified atom stereocenters. The fourth-order valence-corrected chi connectivity index (χ4v) is 5.69. The number of carbonyl (C=O) groups excluding carboxylic acids is 1. The van der Waals surface area contributed by atoms with Gasteiger partial charge in [-0.3, -0.25) is 15.1 Å². The number of nitrogens with one attached hydrogen (secondary N) is 2. The summed E-state index contributed by atoms with van der Waals surface area (Å²) in [5.41, 5.74) is 1.41. The zero-order chi connectivity index (χ0) is 29.1. The summed E-state index contributed by atoms with van der Waals surface area (Å²) in [5.74, 6) is 0.948. The summed E-state index contributed by atoms with van der Waals surface area (Å²) in [7, 11) is 1.60. The molecular formula is C32H44F2N4O2. The highest BCUT2D eigenvalue weighted by Gasteiger charge is 2.33. The van der Waals surface area contributed by atoms with Gasteiger partial charge in [-0.15, -0.1) is 0 Å². The zero-order valence-electron chi connectivity index (χ0n) is 24.4. The zero-order valence-corrected chi connectivity index (χ0v) is 24.4. The lowest BCUT2D eigenvalue weighted by molar-refractivity contribution is 0.0975. The molecule has 2 aromatic carbocycles. The molecule has 218 valence electrons. The first kappa shape index (κ1) is 31.4. The van der Waals surface area contributed by atoms with Gasteiger partial charge in [0.25, 0.3) is 5.91 Å². The number of methoxy groups -OCH3 is 1. The molecule has 0 aromatic heterocycles. The van der Waals surface area contributed by atoms with Crippen LogP contribution in [0.1, 0.15) is 88.1 Å².